The Balaban J connectivity index is 2.57. The van der Waals surface area contributed by atoms with Crippen LogP contribution in [0.25, 0.3) is 10.9 Å². The number of para-hydroxylation sites is 1. The Labute approximate surface area is 78.2 Å². The summed E-state index contributed by atoms with van der Waals surface area (Å²) >= 11 is 0. The minimum absolute atomic E-state index is 0.998. The van der Waals surface area contributed by atoms with Crippen LogP contribution in [0.4, 0.5) is 5.69 Å². The molecule has 0 saturated heterocycles. The highest BCUT2D eigenvalue weighted by Gasteiger charge is 2.05. The summed E-state index contributed by atoms with van der Waals surface area (Å²) in [6.07, 6.45) is 3.17. The first kappa shape index (κ1) is 8.17. The number of hydrogen-bond donors (Lipinski definition) is 1. The summed E-state index contributed by atoms with van der Waals surface area (Å²) in [6.45, 7) is 3.13. The monoisotopic (exact) mass is 173 g/mol. The lowest BCUT2D eigenvalue weighted by atomic mass is 10.2. The zero-order valence-electron chi connectivity index (χ0n) is 7.96. The highest BCUT2D eigenvalue weighted by atomic mass is 15.1. The van der Waals surface area contributed by atoms with E-state index in [0.717, 1.165) is 17.7 Å². The van der Waals surface area contributed by atoms with Crippen LogP contribution in [-0.4, -0.2) is 18.6 Å². The van der Waals surface area contributed by atoms with Crippen molar-refractivity contribution in [1.29, 1.82) is 0 Å². The first-order valence-corrected chi connectivity index (χ1v) is 4.52. The number of aromatic amines is 1. The lowest BCUT2D eigenvalue weighted by Gasteiger charge is -2.14. The van der Waals surface area contributed by atoms with Gasteiger partial charge in [-0.2, -0.15) is 0 Å². The van der Waals surface area contributed by atoms with Gasteiger partial charge in [-0.3, -0.25) is 0 Å². The summed E-state index contributed by atoms with van der Waals surface area (Å²) in [7, 11) is 2.08. The Morgan fingerprint density at radius 2 is 2.15 bits per heavy atom. The molecule has 2 aromatic rings. The van der Waals surface area contributed by atoms with Gasteiger partial charge in [0.15, 0.2) is 0 Å². The second-order valence-electron chi connectivity index (χ2n) is 3.16. The molecule has 1 radical (unpaired) electrons. The maximum Gasteiger partial charge on any atom is 0.0890 e. The van der Waals surface area contributed by atoms with Gasteiger partial charge >= 0.3 is 0 Å². The van der Waals surface area contributed by atoms with Crippen molar-refractivity contribution in [3.63, 3.8) is 0 Å². The van der Waals surface area contributed by atoms with E-state index in [4.69, 9.17) is 0 Å². The number of hydrogen-bond acceptors (Lipinski definition) is 1. The molecule has 0 aliphatic rings. The summed E-state index contributed by atoms with van der Waals surface area (Å²) in [4.78, 5) is 5.32. The van der Waals surface area contributed by atoms with E-state index in [1.54, 1.807) is 0 Å². The van der Waals surface area contributed by atoms with E-state index in [2.05, 4.69) is 48.3 Å². The van der Waals surface area contributed by atoms with Crippen LogP contribution in [0.3, 0.4) is 0 Å². The molecule has 1 aromatic carbocycles. The summed E-state index contributed by atoms with van der Waals surface area (Å²) in [6, 6.07) is 8.27. The number of rotatable bonds is 2. The Morgan fingerprint density at radius 3 is 2.92 bits per heavy atom. The van der Waals surface area contributed by atoms with Crippen molar-refractivity contribution in [2.24, 2.45) is 0 Å². The smallest absolute Gasteiger partial charge is 0.0890 e. The van der Waals surface area contributed by atoms with E-state index in [1.165, 1.54) is 5.39 Å². The zero-order valence-corrected chi connectivity index (χ0v) is 7.96. The van der Waals surface area contributed by atoms with Gasteiger partial charge in [-0.25, -0.2) is 0 Å². The van der Waals surface area contributed by atoms with Crippen LogP contribution in [0.5, 0.6) is 0 Å². The maximum atomic E-state index is 3.17. The molecular weight excluding hydrogens is 160 g/mol. The van der Waals surface area contributed by atoms with Crippen LogP contribution in [0.1, 0.15) is 6.92 Å². The molecule has 0 saturated carbocycles. The van der Waals surface area contributed by atoms with Gasteiger partial charge in [0.1, 0.15) is 0 Å². The standard InChI is InChI=1S/C11H13N2/c1-3-13(2)11-8-12-10-7-5-4-6-9(10)11/h4-7,12H,3H2,1-2H3. The third kappa shape index (κ3) is 1.28. The van der Waals surface area contributed by atoms with Gasteiger partial charge in [-0.1, -0.05) is 18.2 Å². The highest BCUT2D eigenvalue weighted by Crippen LogP contribution is 2.24. The first-order chi connectivity index (χ1) is 6.33. The number of anilines is 1. The topological polar surface area (TPSA) is 19.0 Å². The molecule has 2 nitrogen and oxygen atoms in total. The number of nitrogens with zero attached hydrogens (tertiary/aromatic N) is 1. The molecule has 0 bridgehead atoms. The fraction of sp³-hybridized carbons (Fsp3) is 0.273. The average Bonchev–Trinajstić information content (AvgIpc) is 2.60. The molecule has 0 atom stereocenters. The maximum absolute atomic E-state index is 3.17. The third-order valence-corrected chi connectivity index (χ3v) is 2.35. The van der Waals surface area contributed by atoms with Crippen LogP contribution in [0.15, 0.2) is 24.3 Å². The predicted molar refractivity (Wildman–Crippen MR) is 56.1 cm³/mol. The first-order valence-electron chi connectivity index (χ1n) is 4.52. The van der Waals surface area contributed by atoms with Crippen molar-refractivity contribution < 1.29 is 0 Å². The number of benzene rings is 1. The minimum Gasteiger partial charge on any atom is -0.373 e. The quantitative estimate of drug-likeness (QED) is 0.739. The fourth-order valence-electron chi connectivity index (χ4n) is 1.45. The van der Waals surface area contributed by atoms with Gasteiger partial charge in [0.05, 0.1) is 11.9 Å². The Kier molecular flexibility index (Phi) is 1.97. The van der Waals surface area contributed by atoms with Gasteiger partial charge in [0.25, 0.3) is 0 Å². The van der Waals surface area contributed by atoms with Gasteiger partial charge in [-0.05, 0) is 13.0 Å². The van der Waals surface area contributed by atoms with Crippen molar-refractivity contribution in [2.45, 2.75) is 6.92 Å². The van der Waals surface area contributed by atoms with Crippen LogP contribution >= 0.6 is 0 Å². The second kappa shape index (κ2) is 3.13. The van der Waals surface area contributed by atoms with Crippen molar-refractivity contribution in [1.82, 2.24) is 4.98 Å². The lowest BCUT2D eigenvalue weighted by molar-refractivity contribution is 0.972. The molecule has 13 heavy (non-hydrogen) atoms. The summed E-state index contributed by atoms with van der Waals surface area (Å²) in [5, 5.41) is 1.24. The summed E-state index contributed by atoms with van der Waals surface area (Å²) in [5.41, 5.74) is 2.30. The molecule has 0 amide bonds. The van der Waals surface area contributed by atoms with Crippen LogP contribution in [0, 0.1) is 6.20 Å². The Bertz CT molecular complexity index is 403. The molecule has 67 valence electrons. The van der Waals surface area contributed by atoms with Crippen molar-refractivity contribution in [2.75, 3.05) is 18.5 Å². The van der Waals surface area contributed by atoms with Gasteiger partial charge in [0, 0.05) is 24.5 Å². The van der Waals surface area contributed by atoms with Crippen LogP contribution in [0.2, 0.25) is 0 Å². The van der Waals surface area contributed by atoms with Crippen molar-refractivity contribution in [3.05, 3.63) is 30.5 Å². The van der Waals surface area contributed by atoms with Crippen LogP contribution < -0.4 is 4.90 Å². The summed E-state index contributed by atoms with van der Waals surface area (Å²) < 4.78 is 0. The van der Waals surface area contributed by atoms with Gasteiger partial charge < -0.3 is 9.88 Å². The number of aromatic nitrogens is 1. The molecular formula is C11H13N2. The van der Waals surface area contributed by atoms with Crippen molar-refractivity contribution in [3.8, 4) is 0 Å². The molecule has 1 aromatic heterocycles. The number of H-pyrrole nitrogens is 1. The highest BCUT2D eigenvalue weighted by molar-refractivity contribution is 5.92. The largest absolute Gasteiger partial charge is 0.373 e. The molecule has 1 N–H and O–H groups in total. The zero-order chi connectivity index (χ0) is 9.26. The molecule has 1 heterocycles. The van der Waals surface area contributed by atoms with E-state index < -0.39 is 0 Å². The Hall–Kier alpha value is -1.44. The fourth-order valence-corrected chi connectivity index (χ4v) is 1.45. The van der Waals surface area contributed by atoms with Crippen molar-refractivity contribution >= 4 is 16.6 Å². The van der Waals surface area contributed by atoms with E-state index in [1.807, 2.05) is 6.07 Å². The second-order valence-corrected chi connectivity index (χ2v) is 3.16. The predicted octanol–water partition coefficient (Wildman–Crippen LogP) is 2.42. The molecule has 2 rings (SSSR count). The van der Waals surface area contributed by atoms with E-state index >= 15 is 0 Å². The van der Waals surface area contributed by atoms with E-state index in [-0.39, 0.29) is 0 Å². The minimum atomic E-state index is 0.998. The SMILES string of the molecule is CCN(C)c1[c][nH]c2ccccc12. The van der Waals surface area contributed by atoms with Crippen LogP contribution in [-0.2, 0) is 0 Å². The van der Waals surface area contributed by atoms with E-state index in [0.29, 0.717) is 0 Å². The normalized spacial score (nSPS) is 10.6. The van der Waals surface area contributed by atoms with Gasteiger partial charge in [0.2, 0.25) is 0 Å². The molecule has 0 aliphatic carbocycles. The molecule has 0 aliphatic heterocycles. The molecule has 0 fully saturated rings. The number of nitrogens with one attached hydrogen (secondary N) is 1. The molecule has 0 unspecified atom stereocenters. The van der Waals surface area contributed by atoms with Gasteiger partial charge in [-0.15, -0.1) is 0 Å². The summed E-state index contributed by atoms with van der Waals surface area (Å²) in [5.74, 6) is 0. The number of fused-ring (bicyclic) bond motifs is 1. The Morgan fingerprint density at radius 1 is 1.38 bits per heavy atom. The van der Waals surface area contributed by atoms with E-state index in [9.17, 15) is 0 Å². The molecule has 2 heteroatoms. The average molecular weight is 173 g/mol. The molecule has 0 spiro atoms. The third-order valence-electron chi connectivity index (χ3n) is 2.35. The lowest BCUT2D eigenvalue weighted by Crippen LogP contribution is -2.15.